The maximum Gasteiger partial charge on any atom is -0.000241 e. The Kier molecular flexibility index (Phi) is 39.5. The van der Waals surface area contributed by atoms with Crippen LogP contribution in [0.4, 0.5) is 0 Å². The van der Waals surface area contributed by atoms with E-state index in [9.17, 15) is 0 Å². The summed E-state index contributed by atoms with van der Waals surface area (Å²) in [5, 5.41) is 0. The van der Waals surface area contributed by atoms with Gasteiger partial charge in [0.05, 0.1) is 0 Å². The fraction of sp³-hybridized carbons (Fsp3) is 0. The molecule has 0 spiro atoms. The van der Waals surface area contributed by atoms with Gasteiger partial charge in [0.1, 0.15) is 0 Å². The zero-order chi connectivity index (χ0) is 27.9. The first-order chi connectivity index (χ1) is 15.9. The molecule has 0 saturated heterocycles. The van der Waals surface area contributed by atoms with Gasteiger partial charge in [0, 0.05) is 0 Å². The highest BCUT2D eigenvalue weighted by Crippen LogP contribution is 3.40. The molecule has 0 N–H and O–H groups in total. The van der Waals surface area contributed by atoms with Crippen LogP contribution < -0.4 is 0 Å². The van der Waals surface area contributed by atoms with Gasteiger partial charge in [-0.3, -0.25) is 0 Å². The fourth-order valence-electron chi connectivity index (χ4n) is 1.94. The number of rotatable bonds is 16. The third kappa shape index (κ3) is 18.3. The maximum atomic E-state index is 3.49. The highest BCUT2D eigenvalue weighted by Gasteiger charge is 2.52. The molecule has 0 bridgehead atoms. The van der Waals surface area contributed by atoms with Gasteiger partial charge in [0.25, 0.3) is 0 Å². The van der Waals surface area contributed by atoms with Gasteiger partial charge in [0.15, 0.2) is 0 Å². The fourth-order valence-corrected chi connectivity index (χ4v) is 472. The lowest BCUT2D eigenvalue weighted by Crippen LogP contribution is -1.66. The van der Waals surface area contributed by atoms with E-state index in [0.29, 0.717) is 0 Å². The Morgan fingerprint density at radius 3 is 0.600 bits per heavy atom. The third-order valence-electron chi connectivity index (χ3n) is 2.94. The molecule has 0 aliphatic rings. The van der Waals surface area contributed by atoms with Gasteiger partial charge >= 0.3 is 0 Å². The van der Waals surface area contributed by atoms with Gasteiger partial charge in [-0.05, 0) is 112 Å². The van der Waals surface area contributed by atoms with Crippen molar-refractivity contribution in [3.63, 3.8) is 0 Å². The summed E-state index contributed by atoms with van der Waals surface area (Å²) in [6.07, 6.45) is 0. The molecule has 0 aliphatic carbocycles. The van der Waals surface area contributed by atoms with E-state index >= 15 is 0 Å². The van der Waals surface area contributed by atoms with Crippen molar-refractivity contribution in [3.05, 3.63) is 0 Å². The molecule has 35 heteroatoms. The van der Waals surface area contributed by atoms with Gasteiger partial charge < -0.3 is 0 Å². The minimum absolute atomic E-state index is 0.000784. The van der Waals surface area contributed by atoms with Crippen molar-refractivity contribution in [2.45, 2.75) is 0 Å². The summed E-state index contributed by atoms with van der Waals surface area (Å²) in [4.78, 5) is 0. The highest BCUT2D eigenvalue weighted by atomic mass is 33.5. The van der Waals surface area contributed by atoms with Crippen molar-refractivity contribution < 1.29 is 0 Å². The maximum absolute atomic E-state index is 3.49. The molecule has 212 valence electrons. The first-order valence-electron chi connectivity index (χ1n) is 7.90. The molecule has 0 aliphatic heterocycles. The molecule has 0 amide bonds. The van der Waals surface area contributed by atoms with Crippen molar-refractivity contribution in [2.24, 2.45) is 0 Å². The van der Waals surface area contributed by atoms with E-state index in [0.717, 1.165) is 7.96 Å². The van der Waals surface area contributed by atoms with E-state index in [4.69, 9.17) is 0 Å². The van der Waals surface area contributed by atoms with E-state index in [1.54, 1.807) is 0 Å². The van der Waals surface area contributed by atoms with Crippen LogP contribution in [0.2, 0.25) is 0 Å². The van der Waals surface area contributed by atoms with Crippen LogP contribution in [0.15, 0.2) is 0 Å². The molecule has 0 radical (unpaired) electrons. The topological polar surface area (TPSA) is 0 Å². The Balaban J connectivity index is 7.70. The largest absolute Gasteiger partial charge is 0.109 e. The van der Waals surface area contributed by atoms with Crippen LogP contribution in [0.25, 0.3) is 0 Å². The minimum Gasteiger partial charge on any atom is -0.109 e. The lowest BCUT2D eigenvalue weighted by Gasteiger charge is -2.54. The molecule has 0 aromatic rings. The van der Waals surface area contributed by atoms with Crippen molar-refractivity contribution >= 4 is 280 Å². The zero-order valence-electron chi connectivity index (χ0n) is 18.0. The molecule has 0 nitrogen and oxygen atoms in total. The van der Waals surface area contributed by atoms with Crippen LogP contribution in [0.5, 0.6) is 0 Å². The Hall–Kier alpha value is 15.0. The normalized spacial score (nSPS) is 16.9. The van der Waals surface area contributed by atoms with Crippen molar-refractivity contribution in [1.82, 2.24) is 0 Å². The summed E-state index contributed by atoms with van der Waals surface area (Å²) in [6, 6.07) is 0. The molecule has 35 heavy (non-hydrogen) atoms. The summed E-state index contributed by atoms with van der Waals surface area (Å²) < 4.78 is 0. The van der Waals surface area contributed by atoms with Gasteiger partial charge in [-0.15, -0.1) is 161 Å². The van der Waals surface area contributed by atoms with Gasteiger partial charge in [-0.25, -0.2) is 0 Å². The molecule has 0 saturated carbocycles. The average molecular weight is 1120 g/mol. The molecule has 0 fully saturated rings. The van der Waals surface area contributed by atoms with Crippen LogP contribution in [0.3, 0.4) is 0 Å². The first-order valence-corrected chi connectivity index (χ1v) is 71.1. The van der Waals surface area contributed by atoms with Crippen molar-refractivity contribution in [1.29, 1.82) is 0 Å². The van der Waals surface area contributed by atoms with Crippen molar-refractivity contribution in [2.75, 3.05) is 0 Å². The van der Waals surface area contributed by atoms with Crippen LogP contribution >= 0.6 is 280 Å². The van der Waals surface area contributed by atoms with E-state index in [-0.39, 0.29) is 112 Å². The zero-order valence-corrected chi connectivity index (χ0v) is 54.1. The van der Waals surface area contributed by atoms with E-state index in [2.05, 4.69) is 161 Å². The first kappa shape index (κ1) is 50.1. The van der Waals surface area contributed by atoms with Crippen LogP contribution in [-0.2, 0) is 0 Å². The summed E-state index contributed by atoms with van der Waals surface area (Å²) in [5.41, 5.74) is 0. The smallest absolute Gasteiger partial charge is 0.000241 e. The standard InChI is InChI=1S/H37P35/c1-19-28(18)33(29(20(2)3)21(4)5)35(32(26(14)15)27(16)17)34(30(22(6)7)23(8)9)31(24(10)11)25(12)13/h19H,1-18H2. The predicted molar refractivity (Wildman–Crippen MR) is 294 cm³/mol. The molecular weight excluding hydrogens is 1080 g/mol. The van der Waals surface area contributed by atoms with E-state index in [1.165, 1.54) is 0 Å². The van der Waals surface area contributed by atoms with Crippen LogP contribution in [-0.4, -0.2) is 0 Å². The Morgan fingerprint density at radius 2 is 0.429 bits per heavy atom. The molecule has 0 aromatic carbocycles. The van der Waals surface area contributed by atoms with E-state index in [1.807, 2.05) is 0 Å². The number of hydrogen-bond acceptors (Lipinski definition) is 0. The molecule has 22 unspecified atom stereocenters. The van der Waals surface area contributed by atoms with Gasteiger partial charge in [0.2, 0.25) is 0 Å². The summed E-state index contributed by atoms with van der Waals surface area (Å²) >= 11 is 0. The molecule has 22 atom stereocenters. The quantitative estimate of drug-likeness (QED) is 0.135. The second-order valence-corrected chi connectivity index (χ2v) is 146. The Labute approximate surface area is 277 Å². The summed E-state index contributed by atoms with van der Waals surface area (Å²) in [5.74, 6) is 0. The van der Waals surface area contributed by atoms with Crippen LogP contribution in [0, 0.1) is 0 Å². The minimum atomic E-state index is -0.0908. The van der Waals surface area contributed by atoms with Gasteiger partial charge in [-0.1, -0.05) is 7.96 Å². The Morgan fingerprint density at radius 1 is 0.257 bits per heavy atom. The van der Waals surface area contributed by atoms with Gasteiger partial charge in [-0.2, -0.15) is 0 Å². The lowest BCUT2D eigenvalue weighted by molar-refractivity contribution is 4.40. The van der Waals surface area contributed by atoms with Crippen molar-refractivity contribution in [3.8, 4) is 0 Å². The van der Waals surface area contributed by atoms with E-state index < -0.39 is 0 Å². The predicted octanol–water partition coefficient (Wildman–Crippen LogP) is 20.2. The second-order valence-electron chi connectivity index (χ2n) is 5.39. The highest BCUT2D eigenvalue weighted by molar-refractivity contribution is 9.46. The third-order valence-corrected chi connectivity index (χ3v) is 238. The second kappa shape index (κ2) is 27.6. The monoisotopic (exact) mass is 1120 g/mol. The summed E-state index contributed by atoms with van der Waals surface area (Å²) in [6.45, 7) is -0.621. The lowest BCUT2D eigenvalue weighted by atomic mass is 28.5. The SMILES string of the molecule is PPP(P)P(P(P(P)P)P(P)P)P(P(P(P)P)P(P)P)P(P(P(P)P)P(P)P)P(P(P)P)P(P)P. The summed E-state index contributed by atoms with van der Waals surface area (Å²) in [7, 11) is 61.2. The molecule has 0 heterocycles. The number of hydrogen-bond donors (Lipinski definition) is 0. The average Bonchev–Trinajstić information content (AvgIpc) is 2.66. The Bertz CT molecular complexity index is 482. The van der Waals surface area contributed by atoms with Crippen LogP contribution in [0.1, 0.15) is 0 Å². The molecule has 0 aromatic heterocycles. The molecular formula is H37P35. The molecule has 0 rings (SSSR count).